The number of hydrogen-bond donors (Lipinski definition) is 2. The van der Waals surface area contributed by atoms with E-state index in [4.69, 9.17) is 0 Å². The Morgan fingerprint density at radius 1 is 1.33 bits per heavy atom. The van der Waals surface area contributed by atoms with Gasteiger partial charge in [-0.05, 0) is 12.8 Å². The van der Waals surface area contributed by atoms with E-state index in [0.29, 0.717) is 19.0 Å². The number of carbonyl (C=O) groups is 2. The third-order valence-corrected chi connectivity index (χ3v) is 3.91. The van der Waals surface area contributed by atoms with Crippen LogP contribution in [-0.2, 0) is 4.79 Å². The highest BCUT2D eigenvalue weighted by Gasteiger charge is 2.27. The van der Waals surface area contributed by atoms with Crippen molar-refractivity contribution in [2.45, 2.75) is 44.6 Å². The van der Waals surface area contributed by atoms with Crippen LogP contribution in [0.4, 0.5) is 4.79 Å². The second-order valence-corrected chi connectivity index (χ2v) is 5.53. The molecule has 0 radical (unpaired) electrons. The Labute approximate surface area is 108 Å². The third-order valence-electron chi connectivity index (χ3n) is 3.91. The van der Waals surface area contributed by atoms with E-state index in [9.17, 15) is 9.59 Å². The minimum atomic E-state index is -0.0797. The number of amides is 3. The van der Waals surface area contributed by atoms with E-state index < -0.39 is 0 Å². The first-order valence-corrected chi connectivity index (χ1v) is 6.93. The predicted octanol–water partition coefficient (Wildman–Crippen LogP) is 1.10. The van der Waals surface area contributed by atoms with Gasteiger partial charge in [0, 0.05) is 38.5 Å². The maximum Gasteiger partial charge on any atom is 0.315 e. The van der Waals surface area contributed by atoms with Gasteiger partial charge < -0.3 is 15.5 Å². The van der Waals surface area contributed by atoms with Crippen LogP contribution in [0.5, 0.6) is 0 Å². The van der Waals surface area contributed by atoms with Crippen molar-refractivity contribution in [2.75, 3.05) is 20.1 Å². The summed E-state index contributed by atoms with van der Waals surface area (Å²) in [6.07, 6.45) is 6.46. The van der Waals surface area contributed by atoms with Crippen molar-refractivity contribution in [2.24, 2.45) is 5.92 Å². The Morgan fingerprint density at radius 3 is 2.67 bits per heavy atom. The van der Waals surface area contributed by atoms with Gasteiger partial charge >= 0.3 is 6.03 Å². The van der Waals surface area contributed by atoms with Crippen LogP contribution in [0.25, 0.3) is 0 Å². The first kappa shape index (κ1) is 13.2. The molecular weight excluding hydrogens is 230 g/mol. The van der Waals surface area contributed by atoms with E-state index >= 15 is 0 Å². The first-order valence-electron chi connectivity index (χ1n) is 6.93. The molecule has 2 rings (SSSR count). The fraction of sp³-hybridized carbons (Fsp3) is 0.846. The Hall–Kier alpha value is -1.26. The molecule has 0 aromatic heterocycles. The Kier molecular flexibility index (Phi) is 4.44. The minimum Gasteiger partial charge on any atom is -0.345 e. The first-order chi connectivity index (χ1) is 8.65. The summed E-state index contributed by atoms with van der Waals surface area (Å²) in [5.41, 5.74) is 0. The molecule has 2 fully saturated rings. The van der Waals surface area contributed by atoms with E-state index in [2.05, 4.69) is 10.6 Å². The molecule has 1 heterocycles. The molecule has 1 saturated heterocycles. The van der Waals surface area contributed by atoms with Crippen molar-refractivity contribution >= 4 is 11.9 Å². The number of nitrogens with zero attached hydrogens (tertiary/aromatic N) is 1. The number of nitrogens with one attached hydrogen (secondary N) is 2. The van der Waals surface area contributed by atoms with Crippen LogP contribution >= 0.6 is 0 Å². The minimum absolute atomic E-state index is 0.0797. The highest BCUT2D eigenvalue weighted by atomic mass is 16.2. The average Bonchev–Trinajstić information content (AvgIpc) is 2.68. The highest BCUT2D eigenvalue weighted by molar-refractivity contribution is 5.78. The smallest absolute Gasteiger partial charge is 0.315 e. The summed E-state index contributed by atoms with van der Waals surface area (Å²) in [7, 11) is 1.81. The molecule has 1 unspecified atom stereocenters. The van der Waals surface area contributed by atoms with E-state index in [-0.39, 0.29) is 17.9 Å². The van der Waals surface area contributed by atoms with E-state index in [1.54, 1.807) is 4.90 Å². The summed E-state index contributed by atoms with van der Waals surface area (Å²) < 4.78 is 0. The summed E-state index contributed by atoms with van der Waals surface area (Å²) >= 11 is 0. The number of likely N-dealkylation sites (tertiary alicyclic amines) is 1. The van der Waals surface area contributed by atoms with Crippen molar-refractivity contribution in [1.29, 1.82) is 0 Å². The molecule has 2 N–H and O–H groups in total. The normalized spacial score (nSPS) is 25.3. The second-order valence-electron chi connectivity index (χ2n) is 5.53. The molecular formula is C13H23N3O2. The summed E-state index contributed by atoms with van der Waals surface area (Å²) in [5, 5.41) is 5.90. The maximum atomic E-state index is 11.7. The summed E-state index contributed by atoms with van der Waals surface area (Å²) in [4.78, 5) is 24.8. The lowest BCUT2D eigenvalue weighted by molar-refractivity contribution is -0.126. The monoisotopic (exact) mass is 253 g/mol. The van der Waals surface area contributed by atoms with Crippen molar-refractivity contribution in [3.8, 4) is 0 Å². The molecule has 102 valence electrons. The summed E-state index contributed by atoms with van der Waals surface area (Å²) in [6.45, 7) is 1.34. The molecule has 2 aliphatic rings. The van der Waals surface area contributed by atoms with Crippen LogP contribution in [0.1, 0.15) is 38.5 Å². The largest absolute Gasteiger partial charge is 0.345 e. The zero-order valence-corrected chi connectivity index (χ0v) is 11.1. The number of urea groups is 1. The summed E-state index contributed by atoms with van der Waals surface area (Å²) in [5.74, 6) is 0.439. The number of hydrogen-bond acceptors (Lipinski definition) is 2. The molecule has 0 aromatic rings. The molecule has 3 amide bonds. The van der Waals surface area contributed by atoms with E-state index in [0.717, 1.165) is 19.4 Å². The molecule has 0 bridgehead atoms. The average molecular weight is 253 g/mol. The molecule has 1 atom stereocenters. The molecule has 1 aliphatic heterocycles. The zero-order valence-electron chi connectivity index (χ0n) is 11.1. The van der Waals surface area contributed by atoms with E-state index in [1.807, 2.05) is 7.05 Å². The van der Waals surface area contributed by atoms with Crippen LogP contribution in [0, 0.1) is 5.92 Å². The molecule has 0 aromatic carbocycles. The lowest BCUT2D eigenvalue weighted by atomic mass is 9.96. The molecule has 5 heteroatoms. The summed E-state index contributed by atoms with van der Waals surface area (Å²) in [6, 6.07) is 0.260. The molecule has 1 saturated carbocycles. The van der Waals surface area contributed by atoms with Crippen LogP contribution in [0.3, 0.4) is 0 Å². The van der Waals surface area contributed by atoms with Gasteiger partial charge in [-0.25, -0.2) is 4.79 Å². The van der Waals surface area contributed by atoms with Crippen LogP contribution in [0.2, 0.25) is 0 Å². The van der Waals surface area contributed by atoms with Gasteiger partial charge in [0.2, 0.25) is 5.91 Å². The van der Waals surface area contributed by atoms with Gasteiger partial charge in [-0.15, -0.1) is 0 Å². The van der Waals surface area contributed by atoms with Gasteiger partial charge in [0.05, 0.1) is 0 Å². The fourth-order valence-electron chi connectivity index (χ4n) is 2.81. The molecule has 0 spiro atoms. The SMILES string of the molecule is CN1CC(CNC(=O)NC2CCCCC2)CC1=O. The van der Waals surface area contributed by atoms with Crippen molar-refractivity contribution in [3.05, 3.63) is 0 Å². The Morgan fingerprint density at radius 2 is 2.06 bits per heavy atom. The standard InChI is InChI=1S/C13H23N3O2/c1-16-9-10(7-12(16)17)8-14-13(18)15-11-5-3-2-4-6-11/h10-11H,2-9H2,1H3,(H2,14,15,18). The van der Waals surface area contributed by atoms with Crippen LogP contribution in [-0.4, -0.2) is 43.0 Å². The van der Waals surface area contributed by atoms with Gasteiger partial charge in [-0.1, -0.05) is 19.3 Å². The van der Waals surface area contributed by atoms with Crippen molar-refractivity contribution in [1.82, 2.24) is 15.5 Å². The quantitative estimate of drug-likeness (QED) is 0.791. The highest BCUT2D eigenvalue weighted by Crippen LogP contribution is 2.17. The molecule has 5 nitrogen and oxygen atoms in total. The van der Waals surface area contributed by atoms with E-state index in [1.165, 1.54) is 19.3 Å². The lowest BCUT2D eigenvalue weighted by Gasteiger charge is -2.23. The Bertz CT molecular complexity index is 313. The van der Waals surface area contributed by atoms with Crippen LogP contribution < -0.4 is 10.6 Å². The van der Waals surface area contributed by atoms with Crippen molar-refractivity contribution < 1.29 is 9.59 Å². The second kappa shape index (κ2) is 6.07. The van der Waals surface area contributed by atoms with Crippen LogP contribution in [0.15, 0.2) is 0 Å². The van der Waals surface area contributed by atoms with Gasteiger partial charge in [0.1, 0.15) is 0 Å². The molecule has 18 heavy (non-hydrogen) atoms. The number of carbonyl (C=O) groups excluding carboxylic acids is 2. The number of rotatable bonds is 3. The maximum absolute atomic E-state index is 11.7. The Balaban J connectivity index is 1.64. The lowest BCUT2D eigenvalue weighted by Crippen LogP contribution is -2.44. The third kappa shape index (κ3) is 3.62. The van der Waals surface area contributed by atoms with Gasteiger partial charge in [-0.3, -0.25) is 4.79 Å². The fourth-order valence-corrected chi connectivity index (χ4v) is 2.81. The van der Waals surface area contributed by atoms with Gasteiger partial charge in [0.25, 0.3) is 0 Å². The topological polar surface area (TPSA) is 61.4 Å². The van der Waals surface area contributed by atoms with Crippen molar-refractivity contribution in [3.63, 3.8) is 0 Å². The van der Waals surface area contributed by atoms with Gasteiger partial charge in [0.15, 0.2) is 0 Å². The predicted molar refractivity (Wildman–Crippen MR) is 69.2 cm³/mol. The molecule has 1 aliphatic carbocycles. The van der Waals surface area contributed by atoms with Gasteiger partial charge in [-0.2, -0.15) is 0 Å². The zero-order chi connectivity index (χ0) is 13.0.